The van der Waals surface area contributed by atoms with Gasteiger partial charge in [-0.15, -0.1) is 0 Å². The van der Waals surface area contributed by atoms with Gasteiger partial charge in [-0.05, 0) is 58.4 Å². The fourth-order valence-corrected chi connectivity index (χ4v) is 1.99. The second-order valence-electron chi connectivity index (χ2n) is 4.03. The molecular weight excluding hydrogens is 327 g/mol. The van der Waals surface area contributed by atoms with Crippen molar-refractivity contribution in [3.05, 3.63) is 52.8 Å². The second kappa shape index (κ2) is 6.38. The number of halogens is 2. The van der Waals surface area contributed by atoms with Crippen molar-refractivity contribution >= 4 is 33.2 Å². The van der Waals surface area contributed by atoms with E-state index in [1.54, 1.807) is 18.2 Å². The number of ether oxygens (including phenoxy) is 1. The van der Waals surface area contributed by atoms with Crippen molar-refractivity contribution in [1.82, 2.24) is 0 Å². The number of hydrogen-bond donors (Lipinski definition) is 2. The van der Waals surface area contributed by atoms with Gasteiger partial charge in [-0.2, -0.15) is 0 Å². The lowest BCUT2D eigenvalue weighted by molar-refractivity contribution is -0.118. The monoisotopic (exact) mass is 338 g/mol. The molecule has 0 aliphatic carbocycles. The Morgan fingerprint density at radius 1 is 1.25 bits per heavy atom. The van der Waals surface area contributed by atoms with Gasteiger partial charge in [0.05, 0.1) is 5.69 Å². The Balaban J connectivity index is 1.90. The summed E-state index contributed by atoms with van der Waals surface area (Å²) < 4.78 is 18.6. The van der Waals surface area contributed by atoms with Crippen molar-refractivity contribution in [3.8, 4) is 5.75 Å². The minimum absolute atomic E-state index is 0.164. The van der Waals surface area contributed by atoms with Crippen molar-refractivity contribution in [3.63, 3.8) is 0 Å². The highest BCUT2D eigenvalue weighted by molar-refractivity contribution is 9.10. The molecule has 104 valence electrons. The van der Waals surface area contributed by atoms with Crippen LogP contribution in [0.5, 0.6) is 5.75 Å². The van der Waals surface area contributed by atoms with E-state index < -0.39 is 0 Å². The second-order valence-corrected chi connectivity index (χ2v) is 4.88. The summed E-state index contributed by atoms with van der Waals surface area (Å²) in [5, 5.41) is 2.68. The Labute approximate surface area is 123 Å². The van der Waals surface area contributed by atoms with Crippen LogP contribution in [0.3, 0.4) is 0 Å². The molecule has 6 heteroatoms. The lowest BCUT2D eigenvalue weighted by Gasteiger charge is -2.09. The third-order valence-electron chi connectivity index (χ3n) is 2.45. The topological polar surface area (TPSA) is 64.3 Å². The van der Waals surface area contributed by atoms with Crippen LogP contribution in [-0.4, -0.2) is 12.5 Å². The van der Waals surface area contributed by atoms with Gasteiger partial charge < -0.3 is 15.8 Å². The third-order valence-corrected chi connectivity index (χ3v) is 3.11. The summed E-state index contributed by atoms with van der Waals surface area (Å²) >= 11 is 3.30. The molecule has 3 N–H and O–H groups in total. The van der Waals surface area contributed by atoms with Gasteiger partial charge >= 0.3 is 0 Å². The number of carbonyl (C=O) groups excluding carboxylic acids is 1. The normalized spacial score (nSPS) is 10.1. The van der Waals surface area contributed by atoms with E-state index in [0.717, 1.165) is 0 Å². The molecule has 0 saturated heterocycles. The first kappa shape index (κ1) is 14.3. The van der Waals surface area contributed by atoms with E-state index in [1.165, 1.54) is 24.3 Å². The Kier molecular flexibility index (Phi) is 4.57. The van der Waals surface area contributed by atoms with E-state index >= 15 is 0 Å². The summed E-state index contributed by atoms with van der Waals surface area (Å²) in [7, 11) is 0. The van der Waals surface area contributed by atoms with Crippen LogP contribution in [0.4, 0.5) is 15.8 Å². The SMILES string of the molecule is Nc1ccc(NC(=O)COc2ccc(F)cc2)c(Br)c1. The molecule has 2 aromatic carbocycles. The molecule has 0 aliphatic rings. The van der Waals surface area contributed by atoms with E-state index in [0.29, 0.717) is 21.6 Å². The van der Waals surface area contributed by atoms with Crippen LogP contribution in [0.15, 0.2) is 46.9 Å². The molecule has 0 unspecified atom stereocenters. The highest BCUT2D eigenvalue weighted by Gasteiger charge is 2.07. The van der Waals surface area contributed by atoms with E-state index in [4.69, 9.17) is 10.5 Å². The molecule has 4 nitrogen and oxygen atoms in total. The van der Waals surface area contributed by atoms with Crippen LogP contribution in [0.2, 0.25) is 0 Å². The third kappa shape index (κ3) is 3.96. The Bertz CT molecular complexity index is 617. The van der Waals surface area contributed by atoms with Crippen molar-refractivity contribution in [1.29, 1.82) is 0 Å². The van der Waals surface area contributed by atoms with E-state index in [2.05, 4.69) is 21.2 Å². The number of benzene rings is 2. The number of hydrogen-bond acceptors (Lipinski definition) is 3. The average molecular weight is 339 g/mol. The van der Waals surface area contributed by atoms with Gasteiger partial charge in [0.25, 0.3) is 5.91 Å². The van der Waals surface area contributed by atoms with E-state index in [1.807, 2.05) is 0 Å². The van der Waals surface area contributed by atoms with Gasteiger partial charge in [0.1, 0.15) is 11.6 Å². The number of anilines is 2. The predicted molar refractivity (Wildman–Crippen MR) is 79.1 cm³/mol. The Morgan fingerprint density at radius 2 is 1.95 bits per heavy atom. The molecule has 20 heavy (non-hydrogen) atoms. The average Bonchev–Trinajstić information content (AvgIpc) is 2.41. The van der Waals surface area contributed by atoms with Gasteiger partial charge in [0.2, 0.25) is 0 Å². The highest BCUT2D eigenvalue weighted by atomic mass is 79.9. The molecular formula is C14H12BrFN2O2. The van der Waals surface area contributed by atoms with Crippen LogP contribution >= 0.6 is 15.9 Å². The molecule has 0 heterocycles. The van der Waals surface area contributed by atoms with Crippen molar-refractivity contribution < 1.29 is 13.9 Å². The van der Waals surface area contributed by atoms with Gasteiger partial charge in [-0.1, -0.05) is 0 Å². The maximum atomic E-state index is 12.7. The molecule has 0 bridgehead atoms. The van der Waals surface area contributed by atoms with Crippen LogP contribution in [-0.2, 0) is 4.79 Å². The molecule has 0 fully saturated rings. The number of amides is 1. The van der Waals surface area contributed by atoms with Gasteiger partial charge in [-0.25, -0.2) is 4.39 Å². The number of rotatable bonds is 4. The number of nitrogen functional groups attached to an aromatic ring is 1. The fraction of sp³-hybridized carbons (Fsp3) is 0.0714. The summed E-state index contributed by atoms with van der Waals surface area (Å²) in [6, 6.07) is 10.5. The van der Waals surface area contributed by atoms with Gasteiger partial charge in [-0.3, -0.25) is 4.79 Å². The lowest BCUT2D eigenvalue weighted by Crippen LogP contribution is -2.20. The number of carbonyl (C=O) groups is 1. The smallest absolute Gasteiger partial charge is 0.262 e. The molecule has 0 aliphatic heterocycles. The zero-order chi connectivity index (χ0) is 14.5. The summed E-state index contributed by atoms with van der Waals surface area (Å²) in [5.74, 6) is -0.245. The van der Waals surface area contributed by atoms with Crippen molar-refractivity contribution in [2.75, 3.05) is 17.7 Å². The fourth-order valence-electron chi connectivity index (χ4n) is 1.50. The quantitative estimate of drug-likeness (QED) is 0.841. The Hall–Kier alpha value is -2.08. The molecule has 2 rings (SSSR count). The minimum Gasteiger partial charge on any atom is -0.484 e. The number of nitrogens with two attached hydrogens (primary N) is 1. The van der Waals surface area contributed by atoms with Gasteiger partial charge in [0, 0.05) is 10.2 Å². The first-order valence-electron chi connectivity index (χ1n) is 5.78. The number of nitrogens with one attached hydrogen (secondary N) is 1. The zero-order valence-corrected chi connectivity index (χ0v) is 12.0. The maximum Gasteiger partial charge on any atom is 0.262 e. The minimum atomic E-state index is -0.354. The molecule has 0 aromatic heterocycles. The molecule has 0 radical (unpaired) electrons. The largest absolute Gasteiger partial charge is 0.484 e. The first-order chi connectivity index (χ1) is 9.54. The van der Waals surface area contributed by atoms with Crippen LogP contribution in [0.25, 0.3) is 0 Å². The highest BCUT2D eigenvalue weighted by Crippen LogP contribution is 2.24. The lowest BCUT2D eigenvalue weighted by atomic mass is 10.3. The van der Waals surface area contributed by atoms with Crippen molar-refractivity contribution in [2.45, 2.75) is 0 Å². The van der Waals surface area contributed by atoms with Crippen LogP contribution in [0.1, 0.15) is 0 Å². The summed E-state index contributed by atoms with van der Waals surface area (Å²) in [6.07, 6.45) is 0. The van der Waals surface area contributed by atoms with Crippen LogP contribution < -0.4 is 15.8 Å². The summed E-state index contributed by atoms with van der Waals surface area (Å²) in [4.78, 5) is 11.7. The summed E-state index contributed by atoms with van der Waals surface area (Å²) in [5.41, 5.74) is 6.81. The van der Waals surface area contributed by atoms with E-state index in [9.17, 15) is 9.18 Å². The molecule has 1 amide bonds. The molecule has 0 atom stereocenters. The molecule has 2 aromatic rings. The van der Waals surface area contributed by atoms with Gasteiger partial charge in [0.15, 0.2) is 6.61 Å². The molecule has 0 saturated carbocycles. The standard InChI is InChI=1S/C14H12BrFN2O2/c15-12-7-10(17)3-6-13(12)18-14(19)8-20-11-4-1-9(16)2-5-11/h1-7H,8,17H2,(H,18,19). The van der Waals surface area contributed by atoms with Crippen molar-refractivity contribution in [2.24, 2.45) is 0 Å². The Morgan fingerprint density at radius 3 is 2.60 bits per heavy atom. The molecule has 0 spiro atoms. The first-order valence-corrected chi connectivity index (χ1v) is 6.57. The van der Waals surface area contributed by atoms with Crippen LogP contribution in [0, 0.1) is 5.82 Å². The predicted octanol–water partition coefficient (Wildman–Crippen LogP) is 3.19. The maximum absolute atomic E-state index is 12.7. The summed E-state index contributed by atoms with van der Waals surface area (Å²) in [6.45, 7) is -0.164. The zero-order valence-electron chi connectivity index (χ0n) is 10.4. The van der Waals surface area contributed by atoms with E-state index in [-0.39, 0.29) is 18.3 Å².